The van der Waals surface area contributed by atoms with Crippen LogP contribution in [-0.4, -0.2) is 13.0 Å². The lowest BCUT2D eigenvalue weighted by Crippen LogP contribution is -1.92. The largest absolute Gasteiger partial charge is 0.342 e. The summed E-state index contributed by atoms with van der Waals surface area (Å²) < 4.78 is 37.5. The fraction of sp³-hybridized carbons (Fsp3) is 0.0909. The van der Waals surface area contributed by atoms with E-state index in [-0.39, 0.29) is 10.3 Å². The maximum Gasteiger partial charge on any atom is 0.263 e. The number of nitrogens with zero attached hydrogens (tertiary/aromatic N) is 1. The quantitative estimate of drug-likeness (QED) is 0.637. The van der Waals surface area contributed by atoms with Crippen molar-refractivity contribution < 1.29 is 12.8 Å². The molecule has 0 aliphatic rings. The van der Waals surface area contributed by atoms with Gasteiger partial charge in [0.05, 0.1) is 0 Å². The van der Waals surface area contributed by atoms with Gasteiger partial charge in [-0.05, 0) is 18.2 Å². The van der Waals surface area contributed by atoms with Crippen molar-refractivity contribution in [3.05, 3.63) is 42.9 Å². The molecule has 0 radical (unpaired) electrons. The summed E-state index contributed by atoms with van der Waals surface area (Å²) in [5, 5.41) is 0.279. The lowest BCUT2D eigenvalue weighted by molar-refractivity contribution is 0.610. The molecule has 0 saturated heterocycles. The Kier molecular flexibility index (Phi) is 2.97. The van der Waals surface area contributed by atoms with Crippen LogP contribution in [0.5, 0.6) is 0 Å². The standard InChI is InChI=1S/C11H9ClFNO2S/c1-2-5-14-7-11(17(12,15)16)9-6-8(13)3-4-10(9)14/h2-4,6-7H,1,5H2. The minimum atomic E-state index is -3.89. The normalized spacial score (nSPS) is 11.9. The molecule has 0 saturated carbocycles. The molecule has 0 atom stereocenters. The van der Waals surface area contributed by atoms with Gasteiger partial charge >= 0.3 is 0 Å². The van der Waals surface area contributed by atoms with Gasteiger partial charge in [0.15, 0.2) is 0 Å². The molecule has 2 aromatic rings. The highest BCUT2D eigenvalue weighted by Gasteiger charge is 2.18. The average molecular weight is 274 g/mol. The lowest BCUT2D eigenvalue weighted by Gasteiger charge is -1.99. The average Bonchev–Trinajstić information content (AvgIpc) is 2.56. The molecule has 0 amide bonds. The van der Waals surface area contributed by atoms with E-state index < -0.39 is 14.9 Å². The van der Waals surface area contributed by atoms with Crippen LogP contribution in [0.3, 0.4) is 0 Å². The van der Waals surface area contributed by atoms with Crippen LogP contribution in [0.25, 0.3) is 10.9 Å². The molecule has 0 aliphatic heterocycles. The Balaban J connectivity index is 2.85. The van der Waals surface area contributed by atoms with Gasteiger partial charge in [-0.25, -0.2) is 12.8 Å². The number of rotatable bonds is 3. The number of allylic oxidation sites excluding steroid dienone is 1. The Labute approximate surface area is 103 Å². The number of hydrogen-bond acceptors (Lipinski definition) is 2. The summed E-state index contributed by atoms with van der Waals surface area (Å²) >= 11 is 0. The second-order valence-corrected chi connectivity index (χ2v) is 6.07. The molecule has 2 rings (SSSR count). The molecule has 17 heavy (non-hydrogen) atoms. The van der Waals surface area contributed by atoms with E-state index in [0.717, 1.165) is 6.07 Å². The third-order valence-electron chi connectivity index (χ3n) is 2.40. The Morgan fingerprint density at radius 1 is 1.47 bits per heavy atom. The minimum absolute atomic E-state index is 0.0875. The Bertz CT molecular complexity index is 691. The van der Waals surface area contributed by atoms with Crippen molar-refractivity contribution in [2.45, 2.75) is 11.4 Å². The van der Waals surface area contributed by atoms with Gasteiger partial charge in [0.1, 0.15) is 10.7 Å². The zero-order valence-corrected chi connectivity index (χ0v) is 10.3. The fourth-order valence-corrected chi connectivity index (χ4v) is 2.77. The SMILES string of the molecule is C=CCn1cc(S(=O)(=O)Cl)c2cc(F)ccc21. The van der Waals surface area contributed by atoms with E-state index in [1.807, 2.05) is 0 Å². The van der Waals surface area contributed by atoms with Gasteiger partial charge in [0, 0.05) is 34.3 Å². The van der Waals surface area contributed by atoms with E-state index in [0.29, 0.717) is 12.1 Å². The first-order chi connectivity index (χ1) is 7.93. The molecule has 0 aliphatic carbocycles. The zero-order valence-electron chi connectivity index (χ0n) is 8.73. The fourth-order valence-electron chi connectivity index (χ4n) is 1.72. The molecular weight excluding hydrogens is 265 g/mol. The summed E-state index contributed by atoms with van der Waals surface area (Å²) in [6.45, 7) is 4.00. The maximum absolute atomic E-state index is 13.1. The highest BCUT2D eigenvalue weighted by Crippen LogP contribution is 2.28. The van der Waals surface area contributed by atoms with Crippen molar-refractivity contribution in [2.24, 2.45) is 0 Å². The second kappa shape index (κ2) is 4.16. The predicted molar refractivity (Wildman–Crippen MR) is 65.1 cm³/mol. The Hall–Kier alpha value is -1.33. The van der Waals surface area contributed by atoms with E-state index in [1.54, 1.807) is 10.6 Å². The van der Waals surface area contributed by atoms with E-state index >= 15 is 0 Å². The van der Waals surface area contributed by atoms with Gasteiger partial charge in [-0.15, -0.1) is 6.58 Å². The first-order valence-corrected chi connectivity index (χ1v) is 7.08. The first-order valence-electron chi connectivity index (χ1n) is 4.77. The molecule has 1 aromatic carbocycles. The Morgan fingerprint density at radius 3 is 2.76 bits per heavy atom. The molecular formula is C11H9ClFNO2S. The van der Waals surface area contributed by atoms with Crippen molar-refractivity contribution in [2.75, 3.05) is 0 Å². The van der Waals surface area contributed by atoms with Crippen LogP contribution in [0, 0.1) is 5.82 Å². The highest BCUT2D eigenvalue weighted by molar-refractivity contribution is 8.14. The third-order valence-corrected chi connectivity index (χ3v) is 3.74. The van der Waals surface area contributed by atoms with Gasteiger partial charge in [0.25, 0.3) is 9.05 Å². The van der Waals surface area contributed by atoms with Crippen LogP contribution in [0.1, 0.15) is 0 Å². The number of hydrogen-bond donors (Lipinski definition) is 0. The molecule has 0 N–H and O–H groups in total. The van der Waals surface area contributed by atoms with Crippen LogP contribution in [0.2, 0.25) is 0 Å². The summed E-state index contributed by atoms with van der Waals surface area (Å²) in [5.74, 6) is -0.504. The third kappa shape index (κ3) is 2.21. The smallest absolute Gasteiger partial charge is 0.263 e. The molecule has 90 valence electrons. The van der Waals surface area contributed by atoms with E-state index in [9.17, 15) is 12.8 Å². The van der Waals surface area contributed by atoms with Crippen molar-refractivity contribution in [1.29, 1.82) is 0 Å². The van der Waals surface area contributed by atoms with Gasteiger partial charge < -0.3 is 4.57 Å². The van der Waals surface area contributed by atoms with Crippen LogP contribution >= 0.6 is 10.7 Å². The summed E-state index contributed by atoms with van der Waals surface area (Å²) in [7, 11) is 1.42. The van der Waals surface area contributed by atoms with Crippen LogP contribution < -0.4 is 0 Å². The number of halogens is 2. The number of aromatic nitrogens is 1. The molecule has 1 heterocycles. The molecule has 0 spiro atoms. The van der Waals surface area contributed by atoms with Gasteiger partial charge in [0.2, 0.25) is 0 Å². The van der Waals surface area contributed by atoms with E-state index in [1.165, 1.54) is 18.3 Å². The zero-order chi connectivity index (χ0) is 12.6. The van der Waals surface area contributed by atoms with E-state index in [4.69, 9.17) is 10.7 Å². The van der Waals surface area contributed by atoms with Crippen molar-refractivity contribution >= 4 is 30.6 Å². The Morgan fingerprint density at radius 2 is 2.18 bits per heavy atom. The summed E-state index contributed by atoms with van der Waals surface area (Å²) in [6.07, 6.45) is 3.00. The molecule has 6 heteroatoms. The van der Waals surface area contributed by atoms with Crippen LogP contribution in [0.15, 0.2) is 41.9 Å². The lowest BCUT2D eigenvalue weighted by atomic mass is 10.2. The van der Waals surface area contributed by atoms with Crippen molar-refractivity contribution in [3.63, 3.8) is 0 Å². The minimum Gasteiger partial charge on any atom is -0.342 e. The summed E-state index contributed by atoms with van der Waals surface area (Å²) in [6, 6.07) is 3.94. The molecule has 3 nitrogen and oxygen atoms in total. The van der Waals surface area contributed by atoms with Crippen LogP contribution in [0.4, 0.5) is 4.39 Å². The van der Waals surface area contributed by atoms with Crippen LogP contribution in [-0.2, 0) is 15.6 Å². The molecule has 1 aromatic heterocycles. The van der Waals surface area contributed by atoms with Crippen molar-refractivity contribution in [3.8, 4) is 0 Å². The molecule has 0 fully saturated rings. The van der Waals surface area contributed by atoms with Gasteiger partial charge in [-0.2, -0.15) is 0 Å². The molecule has 0 unspecified atom stereocenters. The molecule has 0 bridgehead atoms. The summed E-state index contributed by atoms with van der Waals surface area (Å²) in [4.78, 5) is -0.0875. The van der Waals surface area contributed by atoms with E-state index in [2.05, 4.69) is 6.58 Å². The monoisotopic (exact) mass is 273 g/mol. The topological polar surface area (TPSA) is 39.1 Å². The second-order valence-electron chi connectivity index (χ2n) is 3.53. The van der Waals surface area contributed by atoms with Gasteiger partial charge in [-0.3, -0.25) is 0 Å². The summed E-state index contributed by atoms with van der Waals surface area (Å²) in [5.41, 5.74) is 0.602. The number of fused-ring (bicyclic) bond motifs is 1. The predicted octanol–water partition coefficient (Wildman–Crippen LogP) is 2.89. The van der Waals surface area contributed by atoms with Gasteiger partial charge in [-0.1, -0.05) is 6.08 Å². The first kappa shape index (κ1) is 12.1. The van der Waals surface area contributed by atoms with Crippen molar-refractivity contribution in [1.82, 2.24) is 4.57 Å². The maximum atomic E-state index is 13.1. The highest BCUT2D eigenvalue weighted by atomic mass is 35.7. The number of benzene rings is 1.